The molecule has 0 saturated carbocycles. The molecule has 3 N–H and O–H groups in total. The Morgan fingerprint density at radius 1 is 1.28 bits per heavy atom. The molecule has 1 aromatic heterocycles. The highest BCUT2D eigenvalue weighted by Crippen LogP contribution is 2.30. The van der Waals surface area contributed by atoms with E-state index in [0.717, 1.165) is 30.4 Å². The first-order valence-electron chi connectivity index (χ1n) is 5.51. The minimum absolute atomic E-state index is 0.145. The van der Waals surface area contributed by atoms with Crippen molar-refractivity contribution in [1.29, 1.82) is 0 Å². The van der Waals surface area contributed by atoms with Crippen molar-refractivity contribution < 1.29 is 13.2 Å². The molecule has 0 radical (unpaired) electrons. The van der Waals surface area contributed by atoms with Crippen molar-refractivity contribution in [2.45, 2.75) is 25.1 Å². The number of hydrogen-bond acceptors (Lipinski definition) is 5. The van der Waals surface area contributed by atoms with Gasteiger partial charge in [0, 0.05) is 12.1 Å². The molecule has 1 fully saturated rings. The molecule has 1 aliphatic heterocycles. The molecule has 1 saturated heterocycles. The Labute approximate surface area is 107 Å². The van der Waals surface area contributed by atoms with Crippen LogP contribution < -0.4 is 11.1 Å². The number of alkyl halides is 3. The first kappa shape index (κ1) is 13.3. The average Bonchev–Trinajstić information content (AvgIpc) is 2.28. The van der Waals surface area contributed by atoms with Gasteiger partial charge in [-0.3, -0.25) is 0 Å². The summed E-state index contributed by atoms with van der Waals surface area (Å²) in [5.74, 6) is 1.79. The molecule has 2 heterocycles. The lowest BCUT2D eigenvalue weighted by Crippen LogP contribution is -2.25. The minimum atomic E-state index is -4.50. The number of hydrogen-bond donors (Lipinski definition) is 2. The van der Waals surface area contributed by atoms with Crippen molar-refractivity contribution in [1.82, 2.24) is 9.97 Å². The largest absolute Gasteiger partial charge is 0.433 e. The maximum atomic E-state index is 12.5. The summed E-state index contributed by atoms with van der Waals surface area (Å²) in [7, 11) is 0. The molecule has 100 valence electrons. The smallest absolute Gasteiger partial charge is 0.368 e. The van der Waals surface area contributed by atoms with E-state index in [4.69, 9.17) is 5.73 Å². The van der Waals surface area contributed by atoms with Gasteiger partial charge in [0.25, 0.3) is 0 Å². The van der Waals surface area contributed by atoms with E-state index in [1.54, 1.807) is 0 Å². The third-order valence-electron chi connectivity index (χ3n) is 2.61. The van der Waals surface area contributed by atoms with Gasteiger partial charge in [-0.2, -0.15) is 29.9 Å². The monoisotopic (exact) mass is 278 g/mol. The molecule has 1 aromatic rings. The molecule has 2 rings (SSSR count). The normalized spacial score (nSPS) is 17.7. The molecular weight excluding hydrogens is 265 g/mol. The van der Waals surface area contributed by atoms with E-state index in [2.05, 4.69) is 15.3 Å². The highest BCUT2D eigenvalue weighted by molar-refractivity contribution is 7.99. The lowest BCUT2D eigenvalue weighted by Gasteiger charge is -2.23. The van der Waals surface area contributed by atoms with Crippen LogP contribution in [0.25, 0.3) is 0 Å². The fourth-order valence-corrected chi connectivity index (χ4v) is 2.84. The predicted molar refractivity (Wildman–Crippen MR) is 65.4 cm³/mol. The number of nitrogens with one attached hydrogen (secondary N) is 1. The van der Waals surface area contributed by atoms with Gasteiger partial charge in [-0.25, -0.2) is 4.98 Å². The zero-order valence-corrected chi connectivity index (χ0v) is 10.3. The van der Waals surface area contributed by atoms with Crippen LogP contribution in [-0.4, -0.2) is 27.5 Å². The number of rotatable bonds is 2. The summed E-state index contributed by atoms with van der Waals surface area (Å²) < 4.78 is 37.6. The molecule has 8 heteroatoms. The second kappa shape index (κ2) is 5.21. The maximum Gasteiger partial charge on any atom is 0.433 e. The number of nitrogen functional groups attached to an aromatic ring is 1. The summed E-state index contributed by atoms with van der Waals surface area (Å²) in [4.78, 5) is 6.99. The molecule has 0 amide bonds. The molecule has 1 aliphatic rings. The number of halogens is 3. The summed E-state index contributed by atoms with van der Waals surface area (Å²) in [6.45, 7) is 0. The summed E-state index contributed by atoms with van der Waals surface area (Å²) in [6, 6.07) is 1.06. The van der Waals surface area contributed by atoms with E-state index >= 15 is 0 Å². The minimum Gasteiger partial charge on any atom is -0.368 e. The molecule has 0 bridgehead atoms. The van der Waals surface area contributed by atoms with Crippen LogP contribution >= 0.6 is 11.8 Å². The van der Waals surface area contributed by atoms with Crippen molar-refractivity contribution in [2.24, 2.45) is 0 Å². The Morgan fingerprint density at radius 2 is 1.94 bits per heavy atom. The lowest BCUT2D eigenvalue weighted by atomic mass is 10.1. The van der Waals surface area contributed by atoms with Gasteiger partial charge in [0.15, 0.2) is 5.69 Å². The van der Waals surface area contributed by atoms with Gasteiger partial charge in [0.2, 0.25) is 5.95 Å². The summed E-state index contributed by atoms with van der Waals surface area (Å²) in [5.41, 5.74) is 4.28. The first-order chi connectivity index (χ1) is 8.45. The van der Waals surface area contributed by atoms with Crippen LogP contribution in [0.2, 0.25) is 0 Å². The lowest BCUT2D eigenvalue weighted by molar-refractivity contribution is -0.141. The first-order valence-corrected chi connectivity index (χ1v) is 6.66. The van der Waals surface area contributed by atoms with Crippen LogP contribution in [0.5, 0.6) is 0 Å². The van der Waals surface area contributed by atoms with Gasteiger partial charge in [0.05, 0.1) is 0 Å². The Kier molecular flexibility index (Phi) is 3.84. The van der Waals surface area contributed by atoms with E-state index < -0.39 is 11.9 Å². The number of nitrogens with two attached hydrogens (primary N) is 1. The van der Waals surface area contributed by atoms with Gasteiger partial charge in [-0.05, 0) is 24.3 Å². The molecule has 4 nitrogen and oxygen atoms in total. The van der Waals surface area contributed by atoms with Crippen molar-refractivity contribution >= 4 is 23.5 Å². The van der Waals surface area contributed by atoms with Crippen LogP contribution in [0, 0.1) is 0 Å². The highest BCUT2D eigenvalue weighted by atomic mass is 32.2. The van der Waals surface area contributed by atoms with Gasteiger partial charge in [0.1, 0.15) is 5.82 Å². The van der Waals surface area contributed by atoms with Crippen molar-refractivity contribution in [3.05, 3.63) is 11.8 Å². The van der Waals surface area contributed by atoms with Crippen LogP contribution in [0.4, 0.5) is 24.9 Å². The molecular formula is C10H13F3N4S. The fraction of sp³-hybridized carbons (Fsp3) is 0.600. The third kappa shape index (κ3) is 3.41. The van der Waals surface area contributed by atoms with E-state index in [-0.39, 0.29) is 17.8 Å². The molecule has 0 aromatic carbocycles. The van der Waals surface area contributed by atoms with Crippen LogP contribution in [0.1, 0.15) is 18.5 Å². The fourth-order valence-electron chi connectivity index (χ4n) is 1.74. The van der Waals surface area contributed by atoms with Gasteiger partial charge in [-0.15, -0.1) is 0 Å². The SMILES string of the molecule is Nc1nc(NC2CCSCC2)cc(C(F)(F)F)n1. The second-order valence-electron chi connectivity index (χ2n) is 4.03. The van der Waals surface area contributed by atoms with E-state index in [9.17, 15) is 13.2 Å². The second-order valence-corrected chi connectivity index (χ2v) is 5.25. The Morgan fingerprint density at radius 3 is 2.56 bits per heavy atom. The number of anilines is 2. The Bertz CT molecular complexity index is 418. The molecule has 0 unspecified atom stereocenters. The van der Waals surface area contributed by atoms with Crippen molar-refractivity contribution in [2.75, 3.05) is 22.6 Å². The summed E-state index contributed by atoms with van der Waals surface area (Å²) in [5, 5.41) is 2.99. The molecule has 18 heavy (non-hydrogen) atoms. The van der Waals surface area contributed by atoms with Crippen LogP contribution in [-0.2, 0) is 6.18 Å². The third-order valence-corrected chi connectivity index (χ3v) is 3.66. The quantitative estimate of drug-likeness (QED) is 0.869. The average molecular weight is 278 g/mol. The Balaban J connectivity index is 2.14. The van der Waals surface area contributed by atoms with Crippen LogP contribution in [0.15, 0.2) is 6.07 Å². The van der Waals surface area contributed by atoms with Gasteiger partial charge < -0.3 is 11.1 Å². The number of thioether (sulfide) groups is 1. The number of aromatic nitrogens is 2. The summed E-state index contributed by atoms with van der Waals surface area (Å²) >= 11 is 1.84. The van der Waals surface area contributed by atoms with Gasteiger partial charge >= 0.3 is 6.18 Å². The molecule has 0 atom stereocenters. The topological polar surface area (TPSA) is 63.8 Å². The van der Waals surface area contributed by atoms with Gasteiger partial charge in [-0.1, -0.05) is 0 Å². The van der Waals surface area contributed by atoms with Crippen molar-refractivity contribution in [3.63, 3.8) is 0 Å². The summed E-state index contributed by atoms with van der Waals surface area (Å²) in [6.07, 6.45) is -2.68. The zero-order chi connectivity index (χ0) is 13.2. The standard InChI is InChI=1S/C10H13F3N4S/c11-10(12,13)7-5-8(17-9(14)16-7)15-6-1-3-18-4-2-6/h5-6H,1-4H2,(H3,14,15,16,17). The zero-order valence-electron chi connectivity index (χ0n) is 9.50. The maximum absolute atomic E-state index is 12.5. The van der Waals surface area contributed by atoms with Crippen LogP contribution in [0.3, 0.4) is 0 Å². The van der Waals surface area contributed by atoms with Crippen molar-refractivity contribution in [3.8, 4) is 0 Å². The number of nitrogens with zero attached hydrogens (tertiary/aromatic N) is 2. The molecule has 0 spiro atoms. The van der Waals surface area contributed by atoms with E-state index in [0.29, 0.717) is 0 Å². The predicted octanol–water partition coefficient (Wildman–Crippen LogP) is 2.39. The highest BCUT2D eigenvalue weighted by Gasteiger charge is 2.33. The molecule has 0 aliphatic carbocycles. The van der Waals surface area contributed by atoms with E-state index in [1.165, 1.54) is 0 Å². The Hall–Kier alpha value is -1.18. The van der Waals surface area contributed by atoms with E-state index in [1.807, 2.05) is 11.8 Å².